The molecule has 2 amide bonds. The normalized spacial score (nSPS) is 21.5. The number of hydrogen-bond acceptors (Lipinski definition) is 6. The molecular weight excluding hydrogens is 450 g/mol. The Bertz CT molecular complexity index is 916. The second-order valence-corrected chi connectivity index (χ2v) is 9.90. The fourth-order valence-corrected chi connectivity index (χ4v) is 5.95. The van der Waals surface area contributed by atoms with Crippen LogP contribution in [0.15, 0.2) is 60.7 Å². The summed E-state index contributed by atoms with van der Waals surface area (Å²) < 4.78 is 10.9. The first-order valence-corrected chi connectivity index (χ1v) is 13.0. The summed E-state index contributed by atoms with van der Waals surface area (Å²) in [4.78, 5) is 28.3. The largest absolute Gasteiger partial charge is 0.445 e. The zero-order chi connectivity index (χ0) is 23.6. The first-order valence-electron chi connectivity index (χ1n) is 11.8. The van der Waals surface area contributed by atoms with Gasteiger partial charge in [-0.1, -0.05) is 60.7 Å². The van der Waals surface area contributed by atoms with Gasteiger partial charge in [-0.15, -0.1) is 0 Å². The van der Waals surface area contributed by atoms with E-state index in [0.29, 0.717) is 13.0 Å². The van der Waals surface area contributed by atoms with Crippen LogP contribution in [0.5, 0.6) is 0 Å². The molecule has 2 aliphatic rings. The predicted octanol–water partition coefficient (Wildman–Crippen LogP) is 2.85. The first kappa shape index (κ1) is 24.6. The van der Waals surface area contributed by atoms with Gasteiger partial charge in [-0.2, -0.15) is 11.8 Å². The van der Waals surface area contributed by atoms with E-state index in [4.69, 9.17) is 9.47 Å². The van der Waals surface area contributed by atoms with E-state index in [1.807, 2.05) is 72.4 Å². The van der Waals surface area contributed by atoms with Gasteiger partial charge in [-0.05, 0) is 23.3 Å². The SMILES string of the molecule is O=C(N[C@@H](Cc1ccccc1)C(=O)NCC1(N2CCOCC2)CCSC1)OCc1ccccc1. The van der Waals surface area contributed by atoms with Crippen molar-refractivity contribution in [2.45, 2.75) is 31.0 Å². The van der Waals surface area contributed by atoms with Crippen LogP contribution in [-0.2, 0) is 27.3 Å². The molecule has 2 aromatic rings. The first-order chi connectivity index (χ1) is 16.6. The molecule has 8 heteroatoms. The van der Waals surface area contributed by atoms with Gasteiger partial charge in [0.1, 0.15) is 12.6 Å². The minimum Gasteiger partial charge on any atom is -0.445 e. The van der Waals surface area contributed by atoms with E-state index in [-0.39, 0.29) is 18.1 Å². The third-order valence-electron chi connectivity index (χ3n) is 6.46. The second-order valence-electron chi connectivity index (χ2n) is 8.79. The molecule has 2 heterocycles. The van der Waals surface area contributed by atoms with Crippen molar-refractivity contribution in [1.29, 1.82) is 0 Å². The number of benzene rings is 2. The third-order valence-corrected chi connectivity index (χ3v) is 7.69. The molecule has 2 atom stereocenters. The minimum absolute atomic E-state index is 0.0603. The maximum atomic E-state index is 13.3. The second kappa shape index (κ2) is 12.2. The van der Waals surface area contributed by atoms with Gasteiger partial charge in [-0.25, -0.2) is 4.79 Å². The van der Waals surface area contributed by atoms with E-state index in [1.54, 1.807) is 0 Å². The molecule has 2 saturated heterocycles. The van der Waals surface area contributed by atoms with Crippen LogP contribution in [0.1, 0.15) is 17.5 Å². The van der Waals surface area contributed by atoms with Gasteiger partial charge in [0.2, 0.25) is 5.91 Å². The quantitative estimate of drug-likeness (QED) is 0.571. The number of nitrogens with zero attached hydrogens (tertiary/aromatic N) is 1. The summed E-state index contributed by atoms with van der Waals surface area (Å²) >= 11 is 1.93. The summed E-state index contributed by atoms with van der Waals surface area (Å²) in [5.74, 6) is 1.89. The molecule has 4 rings (SSSR count). The van der Waals surface area contributed by atoms with Gasteiger partial charge in [0.05, 0.1) is 13.2 Å². The Hall–Kier alpha value is -2.55. The topological polar surface area (TPSA) is 79.9 Å². The number of alkyl carbamates (subject to hydrolysis) is 1. The van der Waals surface area contributed by atoms with E-state index >= 15 is 0 Å². The van der Waals surface area contributed by atoms with E-state index < -0.39 is 12.1 Å². The van der Waals surface area contributed by atoms with Crippen molar-refractivity contribution in [1.82, 2.24) is 15.5 Å². The molecule has 1 unspecified atom stereocenters. The molecule has 2 aliphatic heterocycles. The minimum atomic E-state index is -0.721. The number of ether oxygens (including phenoxy) is 2. The summed E-state index contributed by atoms with van der Waals surface area (Å²) in [6, 6.07) is 18.5. The van der Waals surface area contributed by atoms with Crippen LogP contribution in [0.4, 0.5) is 4.79 Å². The standard InChI is InChI=1S/C26H33N3O4S/c30-24(27-19-26(11-16-34-20-26)29-12-14-32-15-13-29)23(17-21-7-3-1-4-8-21)28-25(31)33-18-22-9-5-2-6-10-22/h1-10,23H,11-20H2,(H,27,30)(H,28,31)/t23-,26?/m0/s1. The van der Waals surface area contributed by atoms with Crippen molar-refractivity contribution in [2.24, 2.45) is 0 Å². The molecule has 2 N–H and O–H groups in total. The van der Waals surface area contributed by atoms with Crippen LogP contribution < -0.4 is 10.6 Å². The molecule has 0 radical (unpaired) electrons. The zero-order valence-electron chi connectivity index (χ0n) is 19.4. The maximum absolute atomic E-state index is 13.3. The number of carbonyl (C=O) groups excluding carboxylic acids is 2. The number of thioether (sulfide) groups is 1. The van der Waals surface area contributed by atoms with Gasteiger partial charge < -0.3 is 20.1 Å². The maximum Gasteiger partial charge on any atom is 0.408 e. The van der Waals surface area contributed by atoms with Crippen LogP contribution in [0.25, 0.3) is 0 Å². The van der Waals surface area contributed by atoms with E-state index in [2.05, 4.69) is 15.5 Å². The average molecular weight is 484 g/mol. The Labute approximate surface area is 205 Å². The number of rotatable bonds is 9. The lowest BCUT2D eigenvalue weighted by Gasteiger charge is -2.43. The van der Waals surface area contributed by atoms with Crippen molar-refractivity contribution in [3.63, 3.8) is 0 Å². The molecule has 34 heavy (non-hydrogen) atoms. The van der Waals surface area contributed by atoms with E-state index in [1.165, 1.54) is 0 Å². The van der Waals surface area contributed by atoms with Crippen LogP contribution in [0, 0.1) is 0 Å². The number of nitrogens with one attached hydrogen (secondary N) is 2. The van der Waals surface area contributed by atoms with Crippen molar-refractivity contribution in [3.8, 4) is 0 Å². The molecule has 0 aliphatic carbocycles. The van der Waals surface area contributed by atoms with Gasteiger partial charge in [-0.3, -0.25) is 9.69 Å². The van der Waals surface area contributed by atoms with Crippen molar-refractivity contribution < 1.29 is 19.1 Å². The predicted molar refractivity (Wildman–Crippen MR) is 134 cm³/mol. The summed E-state index contributed by atoms with van der Waals surface area (Å²) in [5, 5.41) is 5.95. The highest BCUT2D eigenvalue weighted by atomic mass is 32.2. The van der Waals surface area contributed by atoms with E-state index in [9.17, 15) is 9.59 Å². The van der Waals surface area contributed by atoms with Crippen molar-refractivity contribution >= 4 is 23.8 Å². The number of hydrogen-bond donors (Lipinski definition) is 2. The molecule has 182 valence electrons. The molecular formula is C26H33N3O4S. The van der Waals surface area contributed by atoms with Gasteiger partial charge in [0, 0.05) is 37.3 Å². The number of carbonyl (C=O) groups is 2. The molecule has 0 saturated carbocycles. The summed E-state index contributed by atoms with van der Waals surface area (Å²) in [6.07, 6.45) is 0.833. The highest BCUT2D eigenvalue weighted by Crippen LogP contribution is 2.33. The molecule has 0 spiro atoms. The van der Waals surface area contributed by atoms with Gasteiger partial charge >= 0.3 is 6.09 Å². The lowest BCUT2D eigenvalue weighted by Crippen LogP contribution is -2.60. The van der Waals surface area contributed by atoms with Crippen LogP contribution >= 0.6 is 11.8 Å². The molecule has 2 aromatic carbocycles. The number of amides is 2. The summed E-state index contributed by atoms with van der Waals surface area (Å²) in [5.41, 5.74) is 1.81. The Morgan fingerprint density at radius 2 is 1.71 bits per heavy atom. The summed E-state index contributed by atoms with van der Waals surface area (Å²) in [7, 11) is 0. The smallest absolute Gasteiger partial charge is 0.408 e. The van der Waals surface area contributed by atoms with Crippen molar-refractivity contribution in [2.75, 3.05) is 44.4 Å². The van der Waals surface area contributed by atoms with Gasteiger partial charge in [0.25, 0.3) is 0 Å². The lowest BCUT2D eigenvalue weighted by atomic mass is 9.95. The lowest BCUT2D eigenvalue weighted by molar-refractivity contribution is -0.123. The summed E-state index contributed by atoms with van der Waals surface area (Å²) in [6.45, 7) is 3.94. The molecule has 7 nitrogen and oxygen atoms in total. The van der Waals surface area contributed by atoms with Gasteiger partial charge in [0.15, 0.2) is 0 Å². The Balaban J connectivity index is 1.39. The van der Waals surface area contributed by atoms with Crippen LogP contribution in [-0.4, -0.2) is 72.8 Å². The monoisotopic (exact) mass is 483 g/mol. The third kappa shape index (κ3) is 6.74. The Kier molecular flexibility index (Phi) is 8.85. The Morgan fingerprint density at radius 3 is 2.35 bits per heavy atom. The Morgan fingerprint density at radius 1 is 1.03 bits per heavy atom. The number of morpholine rings is 1. The average Bonchev–Trinajstić information content (AvgIpc) is 3.38. The fraction of sp³-hybridized carbons (Fsp3) is 0.462. The molecule has 0 aromatic heterocycles. The fourth-order valence-electron chi connectivity index (χ4n) is 4.48. The zero-order valence-corrected chi connectivity index (χ0v) is 20.2. The molecule has 2 fully saturated rings. The van der Waals surface area contributed by atoms with Crippen LogP contribution in [0.2, 0.25) is 0 Å². The highest BCUT2D eigenvalue weighted by Gasteiger charge is 2.41. The van der Waals surface area contributed by atoms with Crippen LogP contribution in [0.3, 0.4) is 0 Å². The van der Waals surface area contributed by atoms with Crippen molar-refractivity contribution in [3.05, 3.63) is 71.8 Å². The molecule has 0 bridgehead atoms. The van der Waals surface area contributed by atoms with E-state index in [0.717, 1.165) is 55.4 Å². The highest BCUT2D eigenvalue weighted by molar-refractivity contribution is 7.99.